The summed E-state index contributed by atoms with van der Waals surface area (Å²) in [5, 5.41) is 3.94. The lowest BCUT2D eigenvalue weighted by Crippen LogP contribution is -2.19. The Bertz CT molecular complexity index is 973. The zero-order valence-corrected chi connectivity index (χ0v) is 16.8. The van der Waals surface area contributed by atoms with E-state index < -0.39 is 0 Å². The molecule has 0 aromatic heterocycles. The summed E-state index contributed by atoms with van der Waals surface area (Å²) in [5.41, 5.74) is 5.60. The van der Waals surface area contributed by atoms with Crippen molar-refractivity contribution in [3.63, 3.8) is 0 Å². The lowest BCUT2D eigenvalue weighted by atomic mass is 10.2. The Morgan fingerprint density at radius 2 is 1.79 bits per heavy atom. The summed E-state index contributed by atoms with van der Waals surface area (Å²) in [7, 11) is 0. The molecule has 3 aromatic carbocycles. The number of halogens is 1. The van der Waals surface area contributed by atoms with Gasteiger partial charge in [-0.2, -0.15) is 5.10 Å². The summed E-state index contributed by atoms with van der Waals surface area (Å²) in [6.07, 6.45) is 1.55. The van der Waals surface area contributed by atoms with E-state index in [-0.39, 0.29) is 17.5 Å². The van der Waals surface area contributed by atoms with Gasteiger partial charge in [0.2, 0.25) is 5.91 Å². The molecule has 0 saturated heterocycles. The molecule has 0 bridgehead atoms. The highest BCUT2D eigenvalue weighted by atomic mass is 32.2. The fourth-order valence-corrected chi connectivity index (χ4v) is 3.15. The molecule has 0 aliphatic rings. The van der Waals surface area contributed by atoms with E-state index in [4.69, 9.17) is 4.74 Å². The third-order valence-corrected chi connectivity index (χ3v) is 5.05. The lowest BCUT2D eigenvalue weighted by Gasteiger charge is -2.07. The summed E-state index contributed by atoms with van der Waals surface area (Å²) < 4.78 is 19.3. The number of nitrogens with zero attached hydrogens (tertiary/aromatic N) is 1. The van der Waals surface area contributed by atoms with Gasteiger partial charge in [0, 0.05) is 4.90 Å². The van der Waals surface area contributed by atoms with Gasteiger partial charge in [-0.15, -0.1) is 11.8 Å². The molecule has 0 atom stereocenters. The van der Waals surface area contributed by atoms with Gasteiger partial charge in [0.15, 0.2) is 0 Å². The number of rotatable bonds is 8. The minimum absolute atomic E-state index is 0.0874. The van der Waals surface area contributed by atoms with Crippen LogP contribution >= 0.6 is 11.8 Å². The van der Waals surface area contributed by atoms with Crippen molar-refractivity contribution < 1.29 is 13.9 Å². The Morgan fingerprint density at radius 1 is 1.07 bits per heavy atom. The Labute approximate surface area is 173 Å². The standard InChI is InChI=1S/C23H21FN2O2S/c1-17-6-8-19(9-7-17)15-28-20-12-10-18(11-13-20)14-25-26-23(27)16-29-22-5-3-2-4-21(22)24/h2-14H,15-16H2,1H3,(H,26,27)/b25-14-. The van der Waals surface area contributed by atoms with Crippen molar-refractivity contribution >= 4 is 23.9 Å². The molecule has 1 amide bonds. The summed E-state index contributed by atoms with van der Waals surface area (Å²) in [6, 6.07) is 22.0. The molecule has 1 N–H and O–H groups in total. The highest BCUT2D eigenvalue weighted by molar-refractivity contribution is 8.00. The number of amides is 1. The first-order valence-corrected chi connectivity index (χ1v) is 10.1. The second kappa shape index (κ2) is 10.4. The number of carbonyl (C=O) groups is 1. The molecule has 148 valence electrons. The number of nitrogens with one attached hydrogen (secondary N) is 1. The molecular weight excluding hydrogens is 387 g/mol. The van der Waals surface area contributed by atoms with E-state index in [0.717, 1.165) is 28.6 Å². The van der Waals surface area contributed by atoms with Crippen LogP contribution in [0, 0.1) is 12.7 Å². The smallest absolute Gasteiger partial charge is 0.250 e. The van der Waals surface area contributed by atoms with Crippen LogP contribution in [-0.4, -0.2) is 17.9 Å². The largest absolute Gasteiger partial charge is 0.489 e. The van der Waals surface area contributed by atoms with Crippen LogP contribution in [-0.2, 0) is 11.4 Å². The highest BCUT2D eigenvalue weighted by Gasteiger charge is 2.05. The molecule has 0 spiro atoms. The molecule has 6 heteroatoms. The molecule has 0 radical (unpaired) electrons. The SMILES string of the molecule is Cc1ccc(COc2ccc(/C=N\NC(=O)CSc3ccccc3F)cc2)cc1. The summed E-state index contributed by atoms with van der Waals surface area (Å²) in [6.45, 7) is 2.55. The van der Waals surface area contributed by atoms with Gasteiger partial charge < -0.3 is 4.74 Å². The summed E-state index contributed by atoms with van der Waals surface area (Å²) in [5.74, 6) is 0.212. The maximum Gasteiger partial charge on any atom is 0.250 e. The number of hydrazone groups is 1. The Kier molecular flexibility index (Phi) is 7.41. The number of hydrogen-bond acceptors (Lipinski definition) is 4. The predicted octanol–water partition coefficient (Wildman–Crippen LogP) is 4.96. The first-order chi connectivity index (χ1) is 14.1. The predicted molar refractivity (Wildman–Crippen MR) is 115 cm³/mol. The van der Waals surface area contributed by atoms with Gasteiger partial charge in [0.1, 0.15) is 18.2 Å². The fraction of sp³-hybridized carbons (Fsp3) is 0.130. The topological polar surface area (TPSA) is 50.7 Å². The molecule has 0 fully saturated rings. The van der Waals surface area contributed by atoms with Crippen LogP contribution in [0.3, 0.4) is 0 Å². The molecule has 0 heterocycles. The number of benzene rings is 3. The normalized spacial score (nSPS) is 10.8. The quantitative estimate of drug-likeness (QED) is 0.326. The molecule has 0 aliphatic heterocycles. The van der Waals surface area contributed by atoms with Crippen LogP contribution in [0.1, 0.15) is 16.7 Å². The second-order valence-corrected chi connectivity index (χ2v) is 7.37. The van der Waals surface area contributed by atoms with E-state index in [0.29, 0.717) is 11.5 Å². The van der Waals surface area contributed by atoms with Crippen LogP contribution in [0.4, 0.5) is 4.39 Å². The molecule has 0 aliphatic carbocycles. The average Bonchev–Trinajstić information content (AvgIpc) is 2.74. The maximum absolute atomic E-state index is 13.5. The number of hydrogen-bond donors (Lipinski definition) is 1. The van der Waals surface area contributed by atoms with E-state index in [1.807, 2.05) is 36.4 Å². The molecule has 3 aromatic rings. The number of carbonyl (C=O) groups excluding carboxylic acids is 1. The molecule has 0 unspecified atom stereocenters. The number of ether oxygens (including phenoxy) is 1. The van der Waals surface area contributed by atoms with Gasteiger partial charge in [-0.25, -0.2) is 9.82 Å². The number of aryl methyl sites for hydroxylation is 1. The van der Waals surface area contributed by atoms with Crippen LogP contribution < -0.4 is 10.2 Å². The van der Waals surface area contributed by atoms with Gasteiger partial charge in [-0.1, -0.05) is 42.0 Å². The summed E-state index contributed by atoms with van der Waals surface area (Å²) in [4.78, 5) is 12.3. The first kappa shape index (κ1) is 20.6. The Morgan fingerprint density at radius 3 is 2.52 bits per heavy atom. The van der Waals surface area contributed by atoms with Gasteiger partial charge in [-0.05, 0) is 54.4 Å². The van der Waals surface area contributed by atoms with Crippen molar-refractivity contribution in [2.24, 2.45) is 5.10 Å². The van der Waals surface area contributed by atoms with Crippen LogP contribution in [0.5, 0.6) is 5.75 Å². The van der Waals surface area contributed by atoms with E-state index in [2.05, 4.69) is 29.6 Å². The van der Waals surface area contributed by atoms with Crippen molar-refractivity contribution in [3.05, 3.63) is 95.3 Å². The fourth-order valence-electron chi connectivity index (χ4n) is 2.42. The Balaban J connectivity index is 1.42. The first-order valence-electron chi connectivity index (χ1n) is 9.08. The zero-order chi connectivity index (χ0) is 20.5. The van der Waals surface area contributed by atoms with Gasteiger partial charge >= 0.3 is 0 Å². The van der Waals surface area contributed by atoms with Crippen molar-refractivity contribution in [2.45, 2.75) is 18.4 Å². The molecular formula is C23H21FN2O2S. The molecule has 3 rings (SSSR count). The average molecular weight is 408 g/mol. The van der Waals surface area contributed by atoms with E-state index >= 15 is 0 Å². The van der Waals surface area contributed by atoms with Crippen LogP contribution in [0.2, 0.25) is 0 Å². The highest BCUT2D eigenvalue weighted by Crippen LogP contribution is 2.20. The van der Waals surface area contributed by atoms with Crippen molar-refractivity contribution in [3.8, 4) is 5.75 Å². The Hall–Kier alpha value is -3.12. The monoisotopic (exact) mass is 408 g/mol. The maximum atomic E-state index is 13.5. The summed E-state index contributed by atoms with van der Waals surface area (Å²) >= 11 is 1.13. The lowest BCUT2D eigenvalue weighted by molar-refractivity contribution is -0.118. The van der Waals surface area contributed by atoms with Crippen molar-refractivity contribution in [1.82, 2.24) is 5.43 Å². The molecule has 4 nitrogen and oxygen atoms in total. The van der Waals surface area contributed by atoms with E-state index in [9.17, 15) is 9.18 Å². The van der Waals surface area contributed by atoms with Gasteiger partial charge in [0.25, 0.3) is 0 Å². The number of thioether (sulfide) groups is 1. The zero-order valence-electron chi connectivity index (χ0n) is 16.0. The van der Waals surface area contributed by atoms with Crippen LogP contribution in [0.25, 0.3) is 0 Å². The molecule has 0 saturated carbocycles. The van der Waals surface area contributed by atoms with Gasteiger partial charge in [-0.3, -0.25) is 4.79 Å². The van der Waals surface area contributed by atoms with E-state index in [1.54, 1.807) is 24.4 Å². The minimum atomic E-state index is -0.335. The third kappa shape index (κ3) is 6.76. The molecule has 29 heavy (non-hydrogen) atoms. The third-order valence-electron chi connectivity index (χ3n) is 4.00. The van der Waals surface area contributed by atoms with Crippen molar-refractivity contribution in [1.29, 1.82) is 0 Å². The minimum Gasteiger partial charge on any atom is -0.489 e. The van der Waals surface area contributed by atoms with Crippen LogP contribution in [0.15, 0.2) is 82.8 Å². The van der Waals surface area contributed by atoms with Gasteiger partial charge in [0.05, 0.1) is 12.0 Å². The van der Waals surface area contributed by atoms with Crippen molar-refractivity contribution in [2.75, 3.05) is 5.75 Å². The second-order valence-electron chi connectivity index (χ2n) is 6.36. The van der Waals surface area contributed by atoms with E-state index in [1.165, 1.54) is 11.6 Å².